The van der Waals surface area contributed by atoms with Crippen molar-refractivity contribution in [2.75, 3.05) is 6.54 Å². The van der Waals surface area contributed by atoms with Gasteiger partial charge in [0.05, 0.1) is 0 Å². The second-order valence-electron chi connectivity index (χ2n) is 8.02. The SMILES string of the molecule is CCC(OC(=O)NCCc1ccccc1)c1cc(-c2ccc(OC(C)(C)C(=O)O)cc2)no1. The lowest BCUT2D eigenvalue weighted by molar-refractivity contribution is -0.152. The van der Waals surface area contributed by atoms with E-state index in [4.69, 9.17) is 14.0 Å². The van der Waals surface area contributed by atoms with Gasteiger partial charge in [-0.2, -0.15) is 0 Å². The van der Waals surface area contributed by atoms with Crippen LogP contribution < -0.4 is 10.1 Å². The zero-order chi connectivity index (χ0) is 23.8. The standard InChI is InChI=1S/C25H28N2O6/c1-4-21(31-24(30)26-15-14-17-8-6-5-7-9-17)22-16-20(27-33-22)18-10-12-19(13-11-18)32-25(2,3)23(28)29/h5-13,16,21H,4,14-15H2,1-3H3,(H,26,30)(H,28,29). The van der Waals surface area contributed by atoms with Crippen LogP contribution in [0.2, 0.25) is 0 Å². The zero-order valence-corrected chi connectivity index (χ0v) is 18.9. The minimum atomic E-state index is -1.34. The Balaban J connectivity index is 1.57. The monoisotopic (exact) mass is 452 g/mol. The van der Waals surface area contributed by atoms with Crippen LogP contribution in [0.15, 0.2) is 65.2 Å². The molecule has 174 valence electrons. The van der Waals surface area contributed by atoms with Gasteiger partial charge in [0, 0.05) is 18.2 Å². The molecule has 2 aromatic carbocycles. The molecule has 0 aliphatic rings. The summed E-state index contributed by atoms with van der Waals surface area (Å²) in [6, 6.07) is 18.4. The highest BCUT2D eigenvalue weighted by molar-refractivity contribution is 5.76. The van der Waals surface area contributed by atoms with Gasteiger partial charge in [-0.1, -0.05) is 42.4 Å². The number of amides is 1. The number of carboxylic acids is 1. The Morgan fingerprint density at radius 1 is 1.12 bits per heavy atom. The van der Waals surface area contributed by atoms with Crippen molar-refractivity contribution in [2.45, 2.75) is 45.3 Å². The summed E-state index contributed by atoms with van der Waals surface area (Å²) in [5, 5.41) is 16.0. The quantitative estimate of drug-likeness (QED) is 0.445. The molecule has 33 heavy (non-hydrogen) atoms. The molecule has 0 bridgehead atoms. The summed E-state index contributed by atoms with van der Waals surface area (Å²) in [7, 11) is 0. The predicted octanol–water partition coefficient (Wildman–Crippen LogP) is 5.00. The minimum Gasteiger partial charge on any atom is -0.478 e. The van der Waals surface area contributed by atoms with E-state index >= 15 is 0 Å². The van der Waals surface area contributed by atoms with Crippen molar-refractivity contribution in [3.63, 3.8) is 0 Å². The molecule has 1 aromatic heterocycles. The van der Waals surface area contributed by atoms with E-state index in [0.717, 1.165) is 11.1 Å². The molecule has 0 spiro atoms. The summed E-state index contributed by atoms with van der Waals surface area (Å²) in [5.74, 6) is -0.183. The van der Waals surface area contributed by atoms with Crippen LogP contribution in [0.4, 0.5) is 4.79 Å². The molecule has 0 saturated carbocycles. The summed E-state index contributed by atoms with van der Waals surface area (Å²) < 4.78 is 16.4. The van der Waals surface area contributed by atoms with Crippen LogP contribution in [0.25, 0.3) is 11.3 Å². The molecule has 3 aromatic rings. The molecule has 1 atom stereocenters. The van der Waals surface area contributed by atoms with E-state index in [-0.39, 0.29) is 0 Å². The Morgan fingerprint density at radius 2 is 1.82 bits per heavy atom. The topological polar surface area (TPSA) is 111 Å². The van der Waals surface area contributed by atoms with Crippen molar-refractivity contribution in [1.82, 2.24) is 10.5 Å². The Hall–Kier alpha value is -3.81. The van der Waals surface area contributed by atoms with E-state index < -0.39 is 23.8 Å². The van der Waals surface area contributed by atoms with Crippen molar-refractivity contribution in [1.29, 1.82) is 0 Å². The fourth-order valence-corrected chi connectivity index (χ4v) is 3.08. The number of carboxylic acid groups (broad SMARTS) is 1. The van der Waals surface area contributed by atoms with E-state index in [1.54, 1.807) is 30.3 Å². The molecule has 0 aliphatic carbocycles. The number of nitrogens with zero attached hydrogens (tertiary/aromatic N) is 1. The van der Waals surface area contributed by atoms with Gasteiger partial charge in [-0.3, -0.25) is 0 Å². The maximum absolute atomic E-state index is 12.2. The number of aromatic nitrogens is 1. The van der Waals surface area contributed by atoms with E-state index in [0.29, 0.717) is 36.6 Å². The number of ether oxygens (including phenoxy) is 2. The van der Waals surface area contributed by atoms with Crippen LogP contribution in [0, 0.1) is 0 Å². The number of alkyl carbamates (subject to hydrolysis) is 1. The second-order valence-corrected chi connectivity index (χ2v) is 8.02. The average Bonchev–Trinajstić information content (AvgIpc) is 3.28. The van der Waals surface area contributed by atoms with Gasteiger partial charge in [0.15, 0.2) is 17.5 Å². The smallest absolute Gasteiger partial charge is 0.407 e. The van der Waals surface area contributed by atoms with Gasteiger partial charge in [0.1, 0.15) is 11.4 Å². The third-order valence-electron chi connectivity index (χ3n) is 5.03. The normalized spacial score (nSPS) is 12.1. The van der Waals surface area contributed by atoms with Crippen molar-refractivity contribution < 1.29 is 28.7 Å². The third-order valence-corrected chi connectivity index (χ3v) is 5.03. The van der Waals surface area contributed by atoms with Gasteiger partial charge < -0.3 is 24.4 Å². The van der Waals surface area contributed by atoms with E-state index in [2.05, 4.69) is 10.5 Å². The number of nitrogens with one attached hydrogen (secondary N) is 1. The molecule has 0 saturated heterocycles. The summed E-state index contributed by atoms with van der Waals surface area (Å²) in [5.41, 5.74) is 1.12. The highest BCUT2D eigenvalue weighted by Crippen LogP contribution is 2.28. The molecule has 2 N–H and O–H groups in total. The molecule has 1 amide bonds. The number of benzene rings is 2. The third kappa shape index (κ3) is 6.58. The van der Waals surface area contributed by atoms with Gasteiger partial charge >= 0.3 is 12.1 Å². The fourth-order valence-electron chi connectivity index (χ4n) is 3.08. The first kappa shape index (κ1) is 23.8. The molecular formula is C25H28N2O6. The number of aliphatic carboxylic acids is 1. The van der Waals surface area contributed by atoms with Crippen molar-refractivity contribution >= 4 is 12.1 Å². The summed E-state index contributed by atoms with van der Waals surface area (Å²) >= 11 is 0. The molecule has 0 radical (unpaired) electrons. The minimum absolute atomic E-state index is 0.428. The maximum atomic E-state index is 12.2. The van der Waals surface area contributed by atoms with Crippen LogP contribution in [0.5, 0.6) is 5.75 Å². The average molecular weight is 453 g/mol. The number of carbonyl (C=O) groups excluding carboxylic acids is 1. The number of hydrogen-bond acceptors (Lipinski definition) is 6. The Bertz CT molecular complexity index is 1060. The first-order chi connectivity index (χ1) is 15.8. The summed E-state index contributed by atoms with van der Waals surface area (Å²) in [6.45, 7) is 5.32. The molecular weight excluding hydrogens is 424 g/mol. The number of hydrogen-bond donors (Lipinski definition) is 2. The molecule has 8 nitrogen and oxygen atoms in total. The van der Waals surface area contributed by atoms with E-state index in [1.165, 1.54) is 13.8 Å². The first-order valence-corrected chi connectivity index (χ1v) is 10.8. The van der Waals surface area contributed by atoms with E-state index in [1.807, 2.05) is 37.3 Å². The van der Waals surface area contributed by atoms with Crippen LogP contribution in [0.3, 0.4) is 0 Å². The van der Waals surface area contributed by atoms with Crippen molar-refractivity contribution in [2.24, 2.45) is 0 Å². The van der Waals surface area contributed by atoms with Crippen LogP contribution in [0.1, 0.15) is 44.6 Å². The first-order valence-electron chi connectivity index (χ1n) is 10.8. The fraction of sp³-hybridized carbons (Fsp3) is 0.320. The molecule has 3 rings (SSSR count). The van der Waals surface area contributed by atoms with Gasteiger partial charge in [-0.05, 0) is 56.5 Å². The summed E-state index contributed by atoms with van der Waals surface area (Å²) in [4.78, 5) is 23.4. The van der Waals surface area contributed by atoms with Crippen molar-refractivity contribution in [3.8, 4) is 17.0 Å². The Morgan fingerprint density at radius 3 is 2.45 bits per heavy atom. The largest absolute Gasteiger partial charge is 0.478 e. The maximum Gasteiger partial charge on any atom is 0.407 e. The summed E-state index contributed by atoms with van der Waals surface area (Å²) in [6.07, 6.45) is 0.153. The molecule has 0 aliphatic heterocycles. The van der Waals surface area contributed by atoms with Gasteiger partial charge in [0.2, 0.25) is 0 Å². The van der Waals surface area contributed by atoms with Crippen LogP contribution >= 0.6 is 0 Å². The predicted molar refractivity (Wildman–Crippen MR) is 122 cm³/mol. The van der Waals surface area contributed by atoms with Crippen LogP contribution in [-0.2, 0) is 16.0 Å². The van der Waals surface area contributed by atoms with Gasteiger partial charge in [-0.15, -0.1) is 0 Å². The van der Waals surface area contributed by atoms with E-state index in [9.17, 15) is 14.7 Å². The Labute approximate surface area is 192 Å². The molecule has 8 heteroatoms. The molecule has 0 fully saturated rings. The number of rotatable bonds is 10. The molecule has 1 heterocycles. The zero-order valence-electron chi connectivity index (χ0n) is 18.9. The lowest BCUT2D eigenvalue weighted by atomic mass is 10.1. The number of carbonyl (C=O) groups is 2. The second kappa shape index (κ2) is 10.7. The lowest BCUT2D eigenvalue weighted by Crippen LogP contribution is -2.37. The Kier molecular flexibility index (Phi) is 7.71. The van der Waals surface area contributed by atoms with Gasteiger partial charge in [-0.25, -0.2) is 9.59 Å². The highest BCUT2D eigenvalue weighted by atomic mass is 16.6. The lowest BCUT2D eigenvalue weighted by Gasteiger charge is -2.21. The molecule has 1 unspecified atom stereocenters. The van der Waals surface area contributed by atoms with Crippen molar-refractivity contribution in [3.05, 3.63) is 72.0 Å². The van der Waals surface area contributed by atoms with Crippen LogP contribution in [-0.4, -0.2) is 34.5 Å². The highest BCUT2D eigenvalue weighted by Gasteiger charge is 2.29. The van der Waals surface area contributed by atoms with Gasteiger partial charge in [0.25, 0.3) is 0 Å².